The van der Waals surface area contributed by atoms with Gasteiger partial charge >= 0.3 is 5.97 Å². The minimum Gasteiger partial charge on any atom is -0.489 e. The Morgan fingerprint density at radius 2 is 1.76 bits per heavy atom. The Hall–Kier alpha value is -4.20. The highest BCUT2D eigenvalue weighted by molar-refractivity contribution is 6.33. The minimum absolute atomic E-state index is 0.0290. The standard InChI is InChI=1S/C34H35ClN2O5/c1-3-29(24-7-5-4-6-8-24)37-30(34(38)39-2)18-22-10-16-31-32(19-22)41-21-33(42-31)25-11-13-26(14-12-25)40-20-23-9-15-27(35)28(36)17-23/h4-17,19,29-30,33,37H,3,18,20-21,36H2,1-2H3/t29-,30-,33+/m0/s1. The summed E-state index contributed by atoms with van der Waals surface area (Å²) >= 11 is 6.00. The fourth-order valence-electron chi connectivity index (χ4n) is 5.00. The molecular weight excluding hydrogens is 552 g/mol. The first-order valence-electron chi connectivity index (χ1n) is 14.0. The quantitative estimate of drug-likeness (QED) is 0.147. The van der Waals surface area contributed by atoms with Crippen LogP contribution < -0.4 is 25.3 Å². The summed E-state index contributed by atoms with van der Waals surface area (Å²) in [6.45, 7) is 2.85. The maximum absolute atomic E-state index is 12.7. The molecule has 218 valence electrons. The van der Waals surface area contributed by atoms with Crippen LogP contribution in [0.5, 0.6) is 17.2 Å². The highest BCUT2D eigenvalue weighted by Crippen LogP contribution is 2.37. The Morgan fingerprint density at radius 1 is 1.00 bits per heavy atom. The molecule has 0 aliphatic carbocycles. The Morgan fingerprint density at radius 3 is 2.48 bits per heavy atom. The number of esters is 1. The van der Waals surface area contributed by atoms with Crippen molar-refractivity contribution >= 4 is 23.3 Å². The zero-order valence-corrected chi connectivity index (χ0v) is 24.5. The molecule has 0 fully saturated rings. The lowest BCUT2D eigenvalue weighted by Gasteiger charge is -2.28. The number of nitrogens with one attached hydrogen (secondary N) is 1. The molecule has 0 bridgehead atoms. The molecule has 4 aromatic rings. The largest absolute Gasteiger partial charge is 0.489 e. The fourth-order valence-corrected chi connectivity index (χ4v) is 5.12. The predicted molar refractivity (Wildman–Crippen MR) is 164 cm³/mol. The molecule has 3 atom stereocenters. The van der Waals surface area contributed by atoms with Crippen molar-refractivity contribution in [1.82, 2.24) is 5.32 Å². The lowest BCUT2D eigenvalue weighted by molar-refractivity contribution is -0.143. The van der Waals surface area contributed by atoms with Gasteiger partial charge in [0.25, 0.3) is 0 Å². The van der Waals surface area contributed by atoms with Crippen LogP contribution in [0.2, 0.25) is 5.02 Å². The van der Waals surface area contributed by atoms with Crippen molar-refractivity contribution in [2.45, 2.75) is 44.6 Å². The van der Waals surface area contributed by atoms with Crippen molar-refractivity contribution in [3.8, 4) is 17.2 Å². The molecule has 1 aliphatic heterocycles. The lowest BCUT2D eigenvalue weighted by atomic mass is 10.00. The van der Waals surface area contributed by atoms with Crippen molar-refractivity contribution < 1.29 is 23.7 Å². The number of hydrogen-bond donors (Lipinski definition) is 2. The number of hydrogen-bond acceptors (Lipinski definition) is 7. The number of carbonyl (C=O) groups is 1. The fraction of sp³-hybridized carbons (Fsp3) is 0.265. The molecule has 0 saturated carbocycles. The number of halogens is 1. The van der Waals surface area contributed by atoms with Crippen LogP contribution in [0.3, 0.4) is 0 Å². The maximum atomic E-state index is 12.7. The predicted octanol–water partition coefficient (Wildman–Crippen LogP) is 6.84. The van der Waals surface area contributed by atoms with Crippen LogP contribution in [0, 0.1) is 0 Å². The van der Waals surface area contributed by atoms with Crippen LogP contribution in [0.4, 0.5) is 5.69 Å². The molecule has 5 rings (SSSR count). The SMILES string of the molecule is CC[C@H](N[C@@H](Cc1ccc2c(c1)OC[C@H](c1ccc(OCc3ccc(Cl)c(N)c3)cc1)O2)C(=O)OC)c1ccccc1. The first-order chi connectivity index (χ1) is 20.4. The third kappa shape index (κ3) is 7.16. The molecule has 7 nitrogen and oxygen atoms in total. The van der Waals surface area contributed by atoms with Crippen molar-refractivity contribution in [2.75, 3.05) is 19.5 Å². The summed E-state index contributed by atoms with van der Waals surface area (Å²) in [5.41, 5.74) is 10.4. The number of carbonyl (C=O) groups excluding carboxylic acids is 1. The first kappa shape index (κ1) is 29.3. The molecule has 1 aliphatic rings. The number of nitrogens with two attached hydrogens (primary N) is 1. The summed E-state index contributed by atoms with van der Waals surface area (Å²) in [6, 6.07) is 28.7. The van der Waals surface area contributed by atoms with Crippen LogP contribution in [0.25, 0.3) is 0 Å². The summed E-state index contributed by atoms with van der Waals surface area (Å²) in [7, 11) is 1.42. The van der Waals surface area contributed by atoms with E-state index in [1.807, 2.05) is 72.8 Å². The van der Waals surface area contributed by atoms with Gasteiger partial charge in [-0.05, 0) is 71.5 Å². The Bertz CT molecular complexity index is 1500. The highest BCUT2D eigenvalue weighted by atomic mass is 35.5. The molecule has 3 N–H and O–H groups in total. The number of benzene rings is 4. The number of ether oxygens (including phenoxy) is 4. The molecule has 42 heavy (non-hydrogen) atoms. The van der Waals surface area contributed by atoms with E-state index in [9.17, 15) is 4.79 Å². The molecule has 0 radical (unpaired) electrons. The van der Waals surface area contributed by atoms with Crippen molar-refractivity contribution in [3.63, 3.8) is 0 Å². The summed E-state index contributed by atoms with van der Waals surface area (Å²) in [6.07, 6.45) is 1.04. The Balaban J connectivity index is 1.20. The molecule has 4 aromatic carbocycles. The van der Waals surface area contributed by atoms with E-state index in [-0.39, 0.29) is 18.1 Å². The number of nitrogen functional groups attached to an aromatic ring is 1. The van der Waals surface area contributed by atoms with Gasteiger partial charge in [-0.1, -0.05) is 73.1 Å². The van der Waals surface area contributed by atoms with Gasteiger partial charge in [0.1, 0.15) is 25.0 Å². The second-order valence-electron chi connectivity index (χ2n) is 10.2. The molecule has 0 saturated heterocycles. The van der Waals surface area contributed by atoms with E-state index in [0.29, 0.717) is 41.8 Å². The van der Waals surface area contributed by atoms with Crippen LogP contribution in [-0.2, 0) is 22.6 Å². The van der Waals surface area contributed by atoms with Gasteiger partial charge < -0.3 is 24.7 Å². The zero-order valence-electron chi connectivity index (χ0n) is 23.7. The van der Waals surface area contributed by atoms with Crippen molar-refractivity contribution in [1.29, 1.82) is 0 Å². The van der Waals surface area contributed by atoms with E-state index in [0.717, 1.165) is 34.4 Å². The lowest BCUT2D eigenvalue weighted by Crippen LogP contribution is -2.41. The molecule has 1 heterocycles. The van der Waals surface area contributed by atoms with Crippen LogP contribution in [0.15, 0.2) is 91.0 Å². The van der Waals surface area contributed by atoms with Crippen LogP contribution >= 0.6 is 11.6 Å². The monoisotopic (exact) mass is 586 g/mol. The van der Waals surface area contributed by atoms with Gasteiger partial charge in [-0.25, -0.2) is 0 Å². The number of rotatable bonds is 11. The van der Waals surface area contributed by atoms with Gasteiger partial charge in [0.2, 0.25) is 0 Å². The molecule has 8 heteroatoms. The smallest absolute Gasteiger partial charge is 0.323 e. The minimum atomic E-state index is -0.506. The topological polar surface area (TPSA) is 92.0 Å². The average Bonchev–Trinajstić information content (AvgIpc) is 3.03. The van der Waals surface area contributed by atoms with E-state index in [2.05, 4.69) is 24.4 Å². The molecule has 0 unspecified atom stereocenters. The van der Waals surface area contributed by atoms with E-state index < -0.39 is 6.04 Å². The van der Waals surface area contributed by atoms with Gasteiger partial charge in [-0.15, -0.1) is 0 Å². The molecular formula is C34H35ClN2O5. The number of anilines is 1. The van der Waals surface area contributed by atoms with E-state index in [4.69, 9.17) is 36.3 Å². The average molecular weight is 587 g/mol. The van der Waals surface area contributed by atoms with Crippen LogP contribution in [0.1, 0.15) is 47.7 Å². The van der Waals surface area contributed by atoms with Gasteiger partial charge in [0.05, 0.1) is 17.8 Å². The first-order valence-corrected chi connectivity index (χ1v) is 14.4. The number of fused-ring (bicyclic) bond motifs is 1. The van der Waals surface area contributed by atoms with Gasteiger partial charge in [-0.2, -0.15) is 0 Å². The third-order valence-corrected chi connectivity index (χ3v) is 7.67. The summed E-state index contributed by atoms with van der Waals surface area (Å²) < 4.78 is 23.4. The Labute approximate surface area is 251 Å². The maximum Gasteiger partial charge on any atom is 0.323 e. The van der Waals surface area contributed by atoms with Gasteiger partial charge in [0, 0.05) is 6.04 Å². The number of methoxy groups -OCH3 is 1. The molecule has 0 aromatic heterocycles. The van der Waals surface area contributed by atoms with E-state index >= 15 is 0 Å². The Kier molecular flexibility index (Phi) is 9.52. The highest BCUT2D eigenvalue weighted by Gasteiger charge is 2.26. The summed E-state index contributed by atoms with van der Waals surface area (Å²) in [5.74, 6) is 1.75. The second-order valence-corrected chi connectivity index (χ2v) is 10.6. The van der Waals surface area contributed by atoms with E-state index in [1.165, 1.54) is 7.11 Å². The second kappa shape index (κ2) is 13.6. The molecule has 0 amide bonds. The zero-order chi connectivity index (χ0) is 29.5. The molecule has 0 spiro atoms. The summed E-state index contributed by atoms with van der Waals surface area (Å²) in [5, 5.41) is 4.02. The normalized spacial score (nSPS) is 15.5. The van der Waals surface area contributed by atoms with Gasteiger partial charge in [0.15, 0.2) is 17.6 Å². The van der Waals surface area contributed by atoms with Crippen molar-refractivity contribution in [2.24, 2.45) is 0 Å². The van der Waals surface area contributed by atoms with E-state index in [1.54, 1.807) is 6.07 Å². The van der Waals surface area contributed by atoms with Gasteiger partial charge in [-0.3, -0.25) is 10.1 Å². The van der Waals surface area contributed by atoms with Crippen LogP contribution in [-0.4, -0.2) is 25.7 Å². The van der Waals surface area contributed by atoms with Crippen molar-refractivity contribution in [3.05, 3.63) is 118 Å². The summed E-state index contributed by atoms with van der Waals surface area (Å²) in [4.78, 5) is 12.7. The third-order valence-electron chi connectivity index (χ3n) is 7.32.